The fourth-order valence-electron chi connectivity index (χ4n) is 7.13. The van der Waals surface area contributed by atoms with Crippen molar-refractivity contribution in [2.24, 2.45) is 0 Å². The van der Waals surface area contributed by atoms with Gasteiger partial charge in [-0.15, -0.1) is 0 Å². The maximum Gasteiger partial charge on any atom is 0 e. The summed E-state index contributed by atoms with van der Waals surface area (Å²) in [4.78, 5) is 0. The standard InChI is InChI=1S/2C13H27P.2ClH.Fe.Pd/c2*1-12(2,3)14(13(4,5)6)11-9-7-8-10-11;;;;/h2*11H,7-10H2,1-6H3;2*1H;;/q;;;;;+2. The molecule has 0 aromatic rings. The summed E-state index contributed by atoms with van der Waals surface area (Å²) in [5.41, 5.74) is 2.17. The van der Waals surface area contributed by atoms with E-state index < -0.39 is 0 Å². The van der Waals surface area contributed by atoms with E-state index in [2.05, 4.69) is 83.1 Å². The van der Waals surface area contributed by atoms with Crippen molar-refractivity contribution in [2.75, 3.05) is 0 Å². The molecule has 0 unspecified atom stereocenters. The van der Waals surface area contributed by atoms with Gasteiger partial charge in [0.15, 0.2) is 0 Å². The van der Waals surface area contributed by atoms with E-state index in [9.17, 15) is 0 Å². The van der Waals surface area contributed by atoms with Crippen molar-refractivity contribution in [3.63, 3.8) is 0 Å². The molecule has 0 amide bonds. The van der Waals surface area contributed by atoms with Gasteiger partial charge in [0.25, 0.3) is 0 Å². The molecule has 0 saturated heterocycles. The fourth-order valence-corrected chi connectivity index (χ4v) is 18.5. The van der Waals surface area contributed by atoms with Crippen LogP contribution in [-0.4, -0.2) is 31.9 Å². The van der Waals surface area contributed by atoms with E-state index in [-0.39, 0.29) is 48.9 Å². The molecule has 0 nitrogen and oxygen atoms in total. The number of halogens is 2. The smallest absolute Gasteiger partial charge is 0 e. The molecule has 0 radical (unpaired) electrons. The van der Waals surface area contributed by atoms with Gasteiger partial charge in [-0.2, -0.15) is 0 Å². The average molecular weight is 664 g/mol. The molecule has 2 fully saturated rings. The molecular weight excluding hydrogens is 607 g/mol. The summed E-state index contributed by atoms with van der Waals surface area (Å²) in [7, 11) is 9.12. The van der Waals surface area contributed by atoms with Crippen LogP contribution < -0.4 is 0 Å². The van der Waals surface area contributed by atoms with Crippen LogP contribution in [-0.2, 0) is 33.0 Å². The van der Waals surface area contributed by atoms with E-state index >= 15 is 0 Å². The van der Waals surface area contributed by atoms with Crippen LogP contribution in [0.1, 0.15) is 134 Å². The van der Waals surface area contributed by atoms with Gasteiger partial charge in [0.2, 0.25) is 0 Å². The second-order valence-corrected chi connectivity index (χ2v) is 25.5. The van der Waals surface area contributed by atoms with Gasteiger partial charge in [-0.05, 0) is 134 Å². The maximum absolute atomic E-state index is 4.81. The van der Waals surface area contributed by atoms with Gasteiger partial charge in [-0.1, -0.05) is 0 Å². The molecule has 2 rings (SSSR count). The number of hydrogen-bond acceptors (Lipinski definition) is 0. The first-order chi connectivity index (χ1) is 13.9. The molecule has 0 aliphatic heterocycles. The maximum atomic E-state index is 4.81. The van der Waals surface area contributed by atoms with E-state index in [4.69, 9.17) is 19.1 Å². The van der Waals surface area contributed by atoms with Crippen molar-refractivity contribution in [1.82, 2.24) is 0 Å². The van der Waals surface area contributed by atoms with Crippen LogP contribution >= 0.6 is 34.9 Å². The zero-order valence-electron chi connectivity index (χ0n) is 23.2. The van der Waals surface area contributed by atoms with E-state index in [1.165, 1.54) is 51.4 Å². The van der Waals surface area contributed by atoms with Crippen LogP contribution in [0.5, 0.6) is 0 Å². The first-order valence-electron chi connectivity index (χ1n) is 12.4. The molecule has 0 heterocycles. The zero-order valence-corrected chi connectivity index (χ0v) is 29.4. The molecular formula is C26H56Cl2FeP2Pd+2. The molecule has 0 aromatic heterocycles. The van der Waals surface area contributed by atoms with Crippen molar-refractivity contribution >= 4 is 34.9 Å². The van der Waals surface area contributed by atoms with Gasteiger partial charge < -0.3 is 0 Å². The number of rotatable bonds is 2. The average Bonchev–Trinajstić information content (AvgIpc) is 3.16. The topological polar surface area (TPSA) is 0 Å². The Hall–Kier alpha value is 2.62. The molecule has 2 aliphatic carbocycles. The zero-order chi connectivity index (χ0) is 24.7. The van der Waals surface area contributed by atoms with Crippen molar-refractivity contribution in [1.29, 1.82) is 0 Å². The minimum atomic E-state index is -0.253. The van der Waals surface area contributed by atoms with Gasteiger partial charge in [-0.25, -0.2) is 0 Å². The Morgan fingerprint density at radius 1 is 0.500 bits per heavy atom. The van der Waals surface area contributed by atoms with Crippen LogP contribution in [0.25, 0.3) is 0 Å². The summed E-state index contributed by atoms with van der Waals surface area (Å²) < 4.78 is 0. The molecule has 0 aromatic carbocycles. The van der Waals surface area contributed by atoms with Crippen LogP contribution in [0, 0.1) is 0 Å². The summed E-state index contributed by atoms with van der Waals surface area (Å²) in [6.07, 6.45) is 12.0. The molecule has 0 spiro atoms. The van der Waals surface area contributed by atoms with E-state index in [0.717, 1.165) is 11.3 Å². The second-order valence-electron chi connectivity index (χ2n) is 13.8. The Balaban J connectivity index is 0. The Morgan fingerprint density at radius 2 is 0.656 bits per heavy atom. The minimum Gasteiger partial charge on any atom is 0 e. The SMILES string of the molecule is CC(C)(C)[PH+](C1CCCC1)C(C)(C)C.CC(C)(C)[PH+](C1CCCC1)C(C)(C)C.[Cl][Pd][Cl].[Fe]. The van der Waals surface area contributed by atoms with Crippen molar-refractivity contribution in [2.45, 2.75) is 166 Å². The van der Waals surface area contributed by atoms with Gasteiger partial charge in [0, 0.05) is 32.9 Å². The van der Waals surface area contributed by atoms with E-state index in [1.807, 2.05) is 0 Å². The van der Waals surface area contributed by atoms with Crippen LogP contribution in [0.4, 0.5) is 0 Å². The first kappa shape index (κ1) is 36.8. The Morgan fingerprint density at radius 3 is 0.781 bits per heavy atom. The third-order valence-electron chi connectivity index (χ3n) is 6.76. The van der Waals surface area contributed by atoms with E-state index in [0.29, 0.717) is 20.6 Å². The van der Waals surface area contributed by atoms with Crippen LogP contribution in [0.15, 0.2) is 0 Å². The quantitative estimate of drug-likeness (QED) is 0.204. The molecule has 6 heteroatoms. The van der Waals surface area contributed by atoms with Crippen LogP contribution in [0.2, 0.25) is 0 Å². The largest absolute Gasteiger partial charge is 0 e. The third kappa shape index (κ3) is 13.8. The third-order valence-corrected chi connectivity index (χ3v) is 16.0. The van der Waals surface area contributed by atoms with Crippen LogP contribution in [0.3, 0.4) is 0 Å². The Kier molecular flexibility index (Phi) is 18.1. The summed E-state index contributed by atoms with van der Waals surface area (Å²) in [5.74, 6) is 0. The van der Waals surface area contributed by atoms with Crippen molar-refractivity contribution < 1.29 is 33.0 Å². The Labute approximate surface area is 232 Å². The van der Waals surface area contributed by atoms with Gasteiger partial charge in [-0.3, -0.25) is 0 Å². The van der Waals surface area contributed by atoms with E-state index in [1.54, 1.807) is 0 Å². The summed E-state index contributed by atoms with van der Waals surface area (Å²) >= 11 is -0.106. The molecule has 200 valence electrons. The van der Waals surface area contributed by atoms with Crippen molar-refractivity contribution in [3.05, 3.63) is 0 Å². The normalized spacial score (nSPS) is 18.9. The fraction of sp³-hybridized carbons (Fsp3) is 1.00. The van der Waals surface area contributed by atoms with Crippen molar-refractivity contribution in [3.8, 4) is 0 Å². The predicted molar refractivity (Wildman–Crippen MR) is 152 cm³/mol. The summed E-state index contributed by atoms with van der Waals surface area (Å²) in [5, 5.41) is 2.27. The molecule has 32 heavy (non-hydrogen) atoms. The monoisotopic (exact) mass is 662 g/mol. The van der Waals surface area contributed by atoms with Gasteiger partial charge in [0.05, 0.1) is 31.9 Å². The molecule has 0 N–H and O–H groups in total. The molecule has 2 aliphatic rings. The second kappa shape index (κ2) is 15.8. The molecule has 2 saturated carbocycles. The predicted octanol–water partition coefficient (Wildman–Crippen LogP) is 10.9. The summed E-state index contributed by atoms with van der Waals surface area (Å²) in [6.45, 7) is 29.6. The first-order valence-corrected chi connectivity index (χ1v) is 19.6. The number of hydrogen-bond donors (Lipinski definition) is 0. The molecule has 0 atom stereocenters. The summed E-state index contributed by atoms with van der Waals surface area (Å²) in [6, 6.07) is 0. The Bertz CT molecular complexity index is 406. The molecule has 0 bridgehead atoms. The van der Waals surface area contributed by atoms with Gasteiger partial charge in [0.1, 0.15) is 0 Å². The van der Waals surface area contributed by atoms with Gasteiger partial charge >= 0.3 is 35.0 Å². The minimum absolute atomic E-state index is 0.